The number of imidazole rings is 1. The minimum atomic E-state index is -3.34. The molecule has 0 amide bonds. The van der Waals surface area contributed by atoms with E-state index >= 15 is 0 Å². The normalized spacial score (nSPS) is 15.4. The highest BCUT2D eigenvalue weighted by atomic mass is 32.2. The van der Waals surface area contributed by atoms with Gasteiger partial charge in [0, 0.05) is 26.2 Å². The van der Waals surface area contributed by atoms with Crippen molar-refractivity contribution in [3.63, 3.8) is 0 Å². The van der Waals surface area contributed by atoms with E-state index in [9.17, 15) is 8.42 Å². The van der Waals surface area contributed by atoms with Crippen LogP contribution in [0.25, 0.3) is 0 Å². The zero-order valence-electron chi connectivity index (χ0n) is 17.8. The van der Waals surface area contributed by atoms with Gasteiger partial charge >= 0.3 is 0 Å². The molecular weight excluding hydrogens is 384 g/mol. The van der Waals surface area contributed by atoms with Crippen LogP contribution in [0, 0.1) is 0 Å². The third-order valence-electron chi connectivity index (χ3n) is 5.68. The van der Waals surface area contributed by atoms with Crippen LogP contribution in [0.1, 0.15) is 37.4 Å². The van der Waals surface area contributed by atoms with Crippen molar-refractivity contribution in [3.05, 3.63) is 47.8 Å². The van der Waals surface area contributed by atoms with Gasteiger partial charge in [0.1, 0.15) is 0 Å². The summed E-state index contributed by atoms with van der Waals surface area (Å²) in [5.41, 5.74) is 2.26. The lowest BCUT2D eigenvalue weighted by molar-refractivity contribution is 0.248. The van der Waals surface area contributed by atoms with Crippen LogP contribution in [0.15, 0.2) is 41.7 Å². The molecule has 0 saturated carbocycles. The second kappa shape index (κ2) is 10.4. The monoisotopic (exact) mass is 418 g/mol. The number of likely N-dealkylation sites (N-methyl/N-ethyl adjacent to an activating group) is 1. The molecule has 0 N–H and O–H groups in total. The minimum absolute atomic E-state index is 0.0763. The SMILES string of the molecule is CCS(=O)(=O)c1ncc(CN(C)CCN2CCCC2)n1CCCc1ccccc1. The lowest BCUT2D eigenvalue weighted by Crippen LogP contribution is -2.31. The first-order valence-corrected chi connectivity index (χ1v) is 12.4. The molecule has 0 atom stereocenters. The molecule has 6 nitrogen and oxygen atoms in total. The van der Waals surface area contributed by atoms with Gasteiger partial charge in [0.2, 0.25) is 15.0 Å². The van der Waals surface area contributed by atoms with Crippen molar-refractivity contribution < 1.29 is 8.42 Å². The summed E-state index contributed by atoms with van der Waals surface area (Å²) < 4.78 is 27.0. The van der Waals surface area contributed by atoms with Gasteiger partial charge in [-0.05, 0) is 51.4 Å². The van der Waals surface area contributed by atoms with E-state index in [2.05, 4.69) is 34.0 Å². The van der Waals surface area contributed by atoms with Crippen LogP contribution in [-0.4, -0.2) is 66.7 Å². The molecule has 1 saturated heterocycles. The van der Waals surface area contributed by atoms with Gasteiger partial charge in [0.25, 0.3) is 0 Å². The smallest absolute Gasteiger partial charge is 0.227 e. The highest BCUT2D eigenvalue weighted by molar-refractivity contribution is 7.91. The van der Waals surface area contributed by atoms with Crippen molar-refractivity contribution in [1.29, 1.82) is 0 Å². The highest BCUT2D eigenvalue weighted by Crippen LogP contribution is 2.17. The molecule has 0 spiro atoms. The predicted molar refractivity (Wildman–Crippen MR) is 117 cm³/mol. The van der Waals surface area contributed by atoms with Gasteiger partial charge in [-0.25, -0.2) is 13.4 Å². The van der Waals surface area contributed by atoms with Crippen molar-refractivity contribution in [2.45, 2.75) is 50.9 Å². The van der Waals surface area contributed by atoms with Gasteiger partial charge in [-0.2, -0.15) is 0 Å². The molecule has 1 aromatic heterocycles. The summed E-state index contributed by atoms with van der Waals surface area (Å²) in [6, 6.07) is 10.3. The zero-order valence-corrected chi connectivity index (χ0v) is 18.6. The first kappa shape index (κ1) is 22.0. The third kappa shape index (κ3) is 6.14. The molecule has 1 aliphatic heterocycles. The van der Waals surface area contributed by atoms with Gasteiger partial charge in [-0.1, -0.05) is 37.3 Å². The highest BCUT2D eigenvalue weighted by Gasteiger charge is 2.22. The fourth-order valence-electron chi connectivity index (χ4n) is 3.89. The summed E-state index contributed by atoms with van der Waals surface area (Å²) in [7, 11) is -1.24. The molecule has 1 aromatic carbocycles. The lowest BCUT2D eigenvalue weighted by Gasteiger charge is -2.22. The molecule has 0 unspecified atom stereocenters. The van der Waals surface area contributed by atoms with Gasteiger partial charge in [-0.3, -0.25) is 4.90 Å². The molecule has 7 heteroatoms. The first-order chi connectivity index (χ1) is 14.0. The fourth-order valence-corrected chi connectivity index (χ4v) is 4.91. The molecule has 160 valence electrons. The quantitative estimate of drug-likeness (QED) is 0.562. The maximum absolute atomic E-state index is 12.6. The second-order valence-corrected chi connectivity index (χ2v) is 10.1. The average molecular weight is 419 g/mol. The fraction of sp³-hybridized carbons (Fsp3) is 0.591. The van der Waals surface area contributed by atoms with Crippen LogP contribution in [0.5, 0.6) is 0 Å². The number of benzene rings is 1. The molecule has 2 aromatic rings. The van der Waals surface area contributed by atoms with Gasteiger partial charge in [0.05, 0.1) is 17.6 Å². The Kier molecular flexibility index (Phi) is 7.86. The van der Waals surface area contributed by atoms with E-state index in [1.54, 1.807) is 13.1 Å². The van der Waals surface area contributed by atoms with Crippen LogP contribution in [0.4, 0.5) is 0 Å². The van der Waals surface area contributed by atoms with E-state index in [-0.39, 0.29) is 10.9 Å². The Balaban J connectivity index is 1.66. The van der Waals surface area contributed by atoms with E-state index in [0.717, 1.165) is 31.6 Å². The van der Waals surface area contributed by atoms with Crippen LogP contribution >= 0.6 is 0 Å². The van der Waals surface area contributed by atoms with E-state index < -0.39 is 9.84 Å². The summed E-state index contributed by atoms with van der Waals surface area (Å²) in [4.78, 5) is 9.08. The topological polar surface area (TPSA) is 58.4 Å². The molecular formula is C22H34N4O2S. The Labute approximate surface area is 175 Å². The molecule has 2 heterocycles. The van der Waals surface area contributed by atoms with Gasteiger partial charge in [-0.15, -0.1) is 0 Å². The molecule has 0 radical (unpaired) electrons. The Bertz CT molecular complexity index is 858. The van der Waals surface area contributed by atoms with Crippen LogP contribution < -0.4 is 0 Å². The maximum atomic E-state index is 12.6. The lowest BCUT2D eigenvalue weighted by atomic mass is 10.1. The molecule has 29 heavy (non-hydrogen) atoms. The van der Waals surface area contributed by atoms with Gasteiger partial charge in [0.15, 0.2) is 0 Å². The van der Waals surface area contributed by atoms with Crippen LogP contribution in [0.3, 0.4) is 0 Å². The number of hydrogen-bond donors (Lipinski definition) is 0. The van der Waals surface area contributed by atoms with Crippen LogP contribution in [0.2, 0.25) is 0 Å². The summed E-state index contributed by atoms with van der Waals surface area (Å²) in [5.74, 6) is 0.0763. The molecule has 1 fully saturated rings. The number of likely N-dealkylation sites (tertiary alicyclic amines) is 1. The summed E-state index contributed by atoms with van der Waals surface area (Å²) >= 11 is 0. The Morgan fingerprint density at radius 3 is 2.52 bits per heavy atom. The molecule has 3 rings (SSSR count). The summed E-state index contributed by atoms with van der Waals surface area (Å²) in [6.07, 6.45) is 6.16. The van der Waals surface area contributed by atoms with Crippen molar-refractivity contribution >= 4 is 9.84 Å². The Morgan fingerprint density at radius 2 is 1.83 bits per heavy atom. The standard InChI is InChI=1S/C22H34N4O2S/c1-3-29(27,28)22-23-18-21(19-24(2)16-17-25-13-7-8-14-25)26(22)15-9-12-20-10-5-4-6-11-20/h4-6,10-11,18H,3,7-9,12-17,19H2,1-2H3. The molecule has 0 bridgehead atoms. The number of nitrogens with zero attached hydrogens (tertiary/aromatic N) is 4. The second-order valence-electron chi connectivity index (χ2n) is 7.96. The maximum Gasteiger partial charge on any atom is 0.227 e. The third-order valence-corrected chi connectivity index (χ3v) is 7.32. The average Bonchev–Trinajstić information content (AvgIpc) is 3.38. The molecule has 1 aliphatic rings. The van der Waals surface area contributed by atoms with Crippen LogP contribution in [-0.2, 0) is 29.3 Å². The van der Waals surface area contributed by atoms with E-state index in [1.807, 2.05) is 22.8 Å². The van der Waals surface area contributed by atoms with Crippen molar-refractivity contribution in [3.8, 4) is 0 Å². The largest absolute Gasteiger partial charge is 0.318 e. The van der Waals surface area contributed by atoms with Crippen molar-refractivity contribution in [2.24, 2.45) is 0 Å². The van der Waals surface area contributed by atoms with E-state index in [1.165, 1.54) is 31.5 Å². The number of sulfone groups is 1. The summed E-state index contributed by atoms with van der Waals surface area (Å²) in [6.45, 7) is 7.50. The first-order valence-electron chi connectivity index (χ1n) is 10.7. The summed E-state index contributed by atoms with van der Waals surface area (Å²) in [5, 5.41) is 0.219. The number of aryl methyl sites for hydroxylation is 1. The van der Waals surface area contributed by atoms with Crippen molar-refractivity contribution in [2.75, 3.05) is 39.0 Å². The number of hydrogen-bond acceptors (Lipinski definition) is 5. The van der Waals surface area contributed by atoms with E-state index in [4.69, 9.17) is 0 Å². The Hall–Kier alpha value is -1.70. The number of aromatic nitrogens is 2. The number of rotatable bonds is 11. The predicted octanol–water partition coefficient (Wildman–Crippen LogP) is 2.84. The van der Waals surface area contributed by atoms with Gasteiger partial charge < -0.3 is 9.47 Å². The Morgan fingerprint density at radius 1 is 1.10 bits per heavy atom. The van der Waals surface area contributed by atoms with Crippen molar-refractivity contribution in [1.82, 2.24) is 19.4 Å². The zero-order chi connectivity index (χ0) is 20.7. The van der Waals surface area contributed by atoms with E-state index in [0.29, 0.717) is 13.1 Å². The molecule has 0 aliphatic carbocycles. The minimum Gasteiger partial charge on any atom is -0.318 e.